The van der Waals surface area contributed by atoms with Crippen molar-refractivity contribution in [1.29, 1.82) is 0 Å². The van der Waals surface area contributed by atoms with Crippen molar-refractivity contribution in [3.63, 3.8) is 0 Å². The van der Waals surface area contributed by atoms with Gasteiger partial charge in [0.1, 0.15) is 5.75 Å². The van der Waals surface area contributed by atoms with Crippen molar-refractivity contribution in [2.75, 3.05) is 70.2 Å². The highest BCUT2D eigenvalue weighted by molar-refractivity contribution is 5.71. The van der Waals surface area contributed by atoms with Crippen LogP contribution in [-0.4, -0.2) is 95.6 Å². The summed E-state index contributed by atoms with van der Waals surface area (Å²) in [5.74, 6) is 1.97. The fourth-order valence-electron chi connectivity index (χ4n) is 6.50. The third-order valence-corrected chi connectivity index (χ3v) is 9.08. The predicted molar refractivity (Wildman–Crippen MR) is 182 cm³/mol. The third kappa shape index (κ3) is 7.30. The molecule has 2 aliphatic heterocycles. The molecule has 0 aliphatic carbocycles. The van der Waals surface area contributed by atoms with E-state index in [0.717, 1.165) is 60.9 Å². The fraction of sp³-hybridized carbons (Fsp3) is 0.457. The summed E-state index contributed by atoms with van der Waals surface area (Å²) in [6.45, 7) is 12.9. The molecule has 0 amide bonds. The van der Waals surface area contributed by atoms with E-state index in [0.29, 0.717) is 17.8 Å². The average molecular weight is 610 g/mol. The molecule has 2 N–H and O–H groups in total. The van der Waals surface area contributed by atoms with Gasteiger partial charge in [-0.15, -0.1) is 0 Å². The molecule has 4 aromatic rings. The number of piperidine rings is 1. The first-order valence-corrected chi connectivity index (χ1v) is 16.3. The monoisotopic (exact) mass is 609 g/mol. The molecule has 10 heteroatoms. The SMILES string of the molecule is CCCNCc1cn(-c2ccnc(Nc3cc(C)c(N4CCC(N5CCN(C)CC5)CC4)cc3OC)n2)nc1-c1ccccc1. The number of aromatic nitrogens is 4. The number of benzene rings is 2. The number of likely N-dealkylation sites (N-methyl/N-ethyl adjacent to an activating group) is 1. The molecule has 2 aromatic heterocycles. The van der Waals surface area contributed by atoms with Crippen LogP contribution in [-0.2, 0) is 6.54 Å². The van der Waals surface area contributed by atoms with Crippen molar-refractivity contribution in [1.82, 2.24) is 34.9 Å². The van der Waals surface area contributed by atoms with E-state index in [1.54, 1.807) is 13.3 Å². The standard InChI is InChI=1S/C35H47N9O/c1-5-14-36-24-28-25-44(40-34(28)27-9-7-6-8-10-27)33-11-15-37-35(39-33)38-30-22-26(2)31(23-32(30)45-4)43-16-12-29(13-17-43)42-20-18-41(3)19-21-42/h6-11,15,22-23,25,29,36H,5,12-14,16-21,24H2,1-4H3,(H,37,38,39). The molecule has 238 valence electrons. The molecule has 0 unspecified atom stereocenters. The van der Waals surface area contributed by atoms with Gasteiger partial charge in [-0.1, -0.05) is 37.3 Å². The molecule has 0 atom stereocenters. The summed E-state index contributed by atoms with van der Waals surface area (Å²) in [5, 5.41) is 11.9. The Balaban J connectivity index is 1.18. The predicted octanol–water partition coefficient (Wildman–Crippen LogP) is 5.11. The van der Waals surface area contributed by atoms with E-state index in [2.05, 4.69) is 81.7 Å². The van der Waals surface area contributed by atoms with Crippen molar-refractivity contribution >= 4 is 17.3 Å². The minimum Gasteiger partial charge on any atom is -0.494 e. The first-order valence-electron chi connectivity index (χ1n) is 16.3. The Hall–Kier alpha value is -3.99. The van der Waals surface area contributed by atoms with Gasteiger partial charge in [0, 0.05) is 93.2 Å². The molecular formula is C35H47N9O. The van der Waals surface area contributed by atoms with Gasteiger partial charge >= 0.3 is 0 Å². The third-order valence-electron chi connectivity index (χ3n) is 9.08. The van der Waals surface area contributed by atoms with Crippen LogP contribution in [0.3, 0.4) is 0 Å². The van der Waals surface area contributed by atoms with Gasteiger partial charge in [-0.25, -0.2) is 9.67 Å². The number of hydrogen-bond acceptors (Lipinski definition) is 9. The van der Waals surface area contributed by atoms with Gasteiger partial charge in [0.2, 0.25) is 5.95 Å². The summed E-state index contributed by atoms with van der Waals surface area (Å²) in [7, 11) is 3.95. The Morgan fingerprint density at radius 1 is 0.978 bits per heavy atom. The maximum atomic E-state index is 5.88. The van der Waals surface area contributed by atoms with Crippen molar-refractivity contribution in [2.45, 2.75) is 45.7 Å². The lowest BCUT2D eigenvalue weighted by Gasteiger charge is -2.43. The van der Waals surface area contributed by atoms with E-state index in [-0.39, 0.29) is 0 Å². The van der Waals surface area contributed by atoms with Crippen LogP contribution in [0.2, 0.25) is 0 Å². The zero-order chi connectivity index (χ0) is 31.2. The molecule has 0 spiro atoms. The Labute approximate surface area is 267 Å². The normalized spacial score (nSPS) is 16.7. The summed E-state index contributed by atoms with van der Waals surface area (Å²) in [6, 6.07) is 17.2. The van der Waals surface area contributed by atoms with E-state index in [9.17, 15) is 0 Å². The Kier molecular flexibility index (Phi) is 9.93. The van der Waals surface area contributed by atoms with E-state index in [4.69, 9.17) is 14.8 Å². The number of anilines is 3. The Morgan fingerprint density at radius 2 is 1.76 bits per heavy atom. The summed E-state index contributed by atoms with van der Waals surface area (Å²) in [4.78, 5) is 17.0. The van der Waals surface area contributed by atoms with Crippen molar-refractivity contribution < 1.29 is 4.74 Å². The summed E-state index contributed by atoms with van der Waals surface area (Å²) >= 11 is 0. The molecule has 0 bridgehead atoms. The first kappa shape index (κ1) is 31.0. The molecule has 0 saturated carbocycles. The molecule has 0 radical (unpaired) electrons. The van der Waals surface area contributed by atoms with Gasteiger partial charge in [-0.2, -0.15) is 10.1 Å². The maximum Gasteiger partial charge on any atom is 0.229 e. The number of nitrogens with zero attached hydrogens (tertiary/aromatic N) is 7. The minimum absolute atomic E-state index is 0.494. The smallest absolute Gasteiger partial charge is 0.229 e. The number of nitrogens with one attached hydrogen (secondary N) is 2. The molecule has 2 saturated heterocycles. The van der Waals surface area contributed by atoms with Crippen LogP contribution in [0.25, 0.3) is 17.1 Å². The van der Waals surface area contributed by atoms with Crippen molar-refractivity contribution in [2.24, 2.45) is 0 Å². The van der Waals surface area contributed by atoms with E-state index in [1.807, 2.05) is 28.9 Å². The Bertz CT molecular complexity index is 1540. The van der Waals surface area contributed by atoms with Crippen LogP contribution >= 0.6 is 0 Å². The zero-order valence-electron chi connectivity index (χ0n) is 27.2. The lowest BCUT2D eigenvalue weighted by atomic mass is 10.0. The maximum absolute atomic E-state index is 5.88. The second-order valence-electron chi connectivity index (χ2n) is 12.3. The molecule has 2 aliphatic rings. The lowest BCUT2D eigenvalue weighted by Crippen LogP contribution is -2.52. The minimum atomic E-state index is 0.494. The van der Waals surface area contributed by atoms with Crippen LogP contribution in [0.5, 0.6) is 5.75 Å². The molecule has 45 heavy (non-hydrogen) atoms. The van der Waals surface area contributed by atoms with Crippen molar-refractivity contribution in [3.8, 4) is 22.8 Å². The summed E-state index contributed by atoms with van der Waals surface area (Å²) in [6.07, 6.45) is 7.30. The van der Waals surface area contributed by atoms with Crippen LogP contribution in [0.1, 0.15) is 37.3 Å². The van der Waals surface area contributed by atoms with Gasteiger partial charge in [0.25, 0.3) is 0 Å². The highest BCUT2D eigenvalue weighted by atomic mass is 16.5. The quantitative estimate of drug-likeness (QED) is 0.226. The summed E-state index contributed by atoms with van der Waals surface area (Å²) in [5.41, 5.74) is 6.45. The second-order valence-corrected chi connectivity index (χ2v) is 12.3. The van der Waals surface area contributed by atoms with Gasteiger partial charge in [0.05, 0.1) is 18.5 Å². The van der Waals surface area contributed by atoms with Gasteiger partial charge in [0.15, 0.2) is 5.82 Å². The Morgan fingerprint density at radius 3 is 2.49 bits per heavy atom. The highest BCUT2D eigenvalue weighted by Gasteiger charge is 2.27. The van der Waals surface area contributed by atoms with E-state index < -0.39 is 0 Å². The molecule has 6 rings (SSSR count). The van der Waals surface area contributed by atoms with E-state index in [1.165, 1.54) is 50.3 Å². The number of ether oxygens (including phenoxy) is 1. The number of rotatable bonds is 11. The lowest BCUT2D eigenvalue weighted by molar-refractivity contribution is 0.0982. The van der Waals surface area contributed by atoms with Crippen LogP contribution < -0.4 is 20.3 Å². The van der Waals surface area contributed by atoms with Crippen LogP contribution in [0, 0.1) is 6.92 Å². The molecule has 2 fully saturated rings. The molecule has 2 aromatic carbocycles. The van der Waals surface area contributed by atoms with Gasteiger partial charge in [-0.3, -0.25) is 4.90 Å². The average Bonchev–Trinajstić information content (AvgIpc) is 3.50. The first-order chi connectivity index (χ1) is 22.0. The number of methoxy groups -OCH3 is 1. The molecule has 4 heterocycles. The van der Waals surface area contributed by atoms with Gasteiger partial charge < -0.3 is 25.2 Å². The second kappa shape index (κ2) is 14.4. The van der Waals surface area contributed by atoms with Crippen molar-refractivity contribution in [3.05, 3.63) is 72.1 Å². The fourth-order valence-corrected chi connectivity index (χ4v) is 6.50. The largest absolute Gasteiger partial charge is 0.494 e. The number of piperazine rings is 1. The van der Waals surface area contributed by atoms with Gasteiger partial charge in [-0.05, 0) is 51.4 Å². The summed E-state index contributed by atoms with van der Waals surface area (Å²) < 4.78 is 7.72. The zero-order valence-corrected chi connectivity index (χ0v) is 27.2. The van der Waals surface area contributed by atoms with Crippen LogP contribution in [0.15, 0.2) is 60.9 Å². The topological polar surface area (TPSA) is 86.6 Å². The molecule has 10 nitrogen and oxygen atoms in total. The number of hydrogen-bond donors (Lipinski definition) is 2. The van der Waals surface area contributed by atoms with E-state index >= 15 is 0 Å². The highest BCUT2D eigenvalue weighted by Crippen LogP contribution is 2.36. The van der Waals surface area contributed by atoms with Crippen LogP contribution in [0.4, 0.5) is 17.3 Å². The number of aryl methyl sites for hydroxylation is 1. The molecular weight excluding hydrogens is 562 g/mol.